The highest BCUT2D eigenvalue weighted by molar-refractivity contribution is 7.83. The van der Waals surface area contributed by atoms with Crippen LogP contribution in [0, 0.1) is 4.78 Å². The summed E-state index contributed by atoms with van der Waals surface area (Å²) < 4.78 is 7.06. The van der Waals surface area contributed by atoms with Gasteiger partial charge in [-0.2, -0.15) is 0 Å². The molecule has 3 nitrogen and oxygen atoms in total. The highest BCUT2D eigenvalue weighted by Crippen LogP contribution is 1.94. The van der Waals surface area contributed by atoms with Gasteiger partial charge in [-0.15, -0.1) is 0 Å². The summed E-state index contributed by atoms with van der Waals surface area (Å²) in [5, 5.41) is 5.88. The Labute approximate surface area is 55.9 Å². The van der Waals surface area contributed by atoms with Gasteiger partial charge in [0.05, 0.1) is 0 Å². The van der Waals surface area contributed by atoms with Crippen LogP contribution in [0.2, 0.25) is 0 Å². The molecule has 3 N–H and O–H groups in total. The molecule has 1 aromatic rings. The Hall–Kier alpha value is -0.740. The molecule has 1 rings (SSSR count). The minimum atomic E-state index is -0.940. The molecule has 0 aromatic carbocycles. The van der Waals surface area contributed by atoms with Gasteiger partial charge in [0.1, 0.15) is 5.03 Å². The molecule has 0 aliphatic carbocycles. The van der Waals surface area contributed by atoms with Crippen LogP contribution in [0.4, 0.5) is 0 Å². The van der Waals surface area contributed by atoms with E-state index in [1.807, 2.05) is 6.07 Å². The van der Waals surface area contributed by atoms with E-state index in [1.165, 1.54) is 0 Å². The van der Waals surface area contributed by atoms with Crippen molar-refractivity contribution in [1.29, 1.82) is 4.78 Å². The molecule has 0 amide bonds. The summed E-state index contributed by atoms with van der Waals surface area (Å²) in [7, 11) is -0.940. The second-order valence-corrected chi connectivity index (χ2v) is 2.60. The lowest BCUT2D eigenvalue weighted by Gasteiger charge is -1.93. The predicted octanol–water partition coefficient (Wildman–Crippen LogP) is 0.695. The van der Waals surface area contributed by atoms with Gasteiger partial charge in [0.15, 0.2) is 0 Å². The molecular weight excluding hydrogens is 134 g/mol. The average molecular weight is 141 g/mol. The zero-order valence-corrected chi connectivity index (χ0v) is 5.56. The van der Waals surface area contributed by atoms with E-state index in [1.54, 1.807) is 18.3 Å². The Morgan fingerprint density at radius 1 is 1.56 bits per heavy atom. The molecular formula is C5H7N3S. The largest absolute Gasteiger partial charge is 0.264 e. The van der Waals surface area contributed by atoms with Crippen LogP contribution in [0.1, 0.15) is 0 Å². The molecule has 0 bridgehead atoms. The lowest BCUT2D eigenvalue weighted by atomic mass is 10.5. The highest BCUT2D eigenvalue weighted by atomic mass is 32.2. The first-order valence-corrected chi connectivity index (χ1v) is 3.70. The van der Waals surface area contributed by atoms with Crippen molar-refractivity contribution in [3.05, 3.63) is 24.4 Å². The maximum absolute atomic E-state index is 7.06. The summed E-state index contributed by atoms with van der Waals surface area (Å²) in [4.78, 5) is 3.88. The number of hydrogen-bond acceptors (Lipinski definition) is 2. The van der Waals surface area contributed by atoms with Crippen LogP contribution in [0.5, 0.6) is 0 Å². The van der Waals surface area contributed by atoms with Crippen LogP contribution in [0.15, 0.2) is 29.4 Å². The van der Waals surface area contributed by atoms with Gasteiger partial charge in [0.2, 0.25) is 0 Å². The van der Waals surface area contributed by atoms with Gasteiger partial charge in [-0.25, -0.2) is 4.98 Å². The molecule has 0 aliphatic rings. The van der Waals surface area contributed by atoms with Gasteiger partial charge in [0.25, 0.3) is 0 Å². The fraction of sp³-hybridized carbons (Fsp3) is 0. The van der Waals surface area contributed by atoms with Crippen LogP contribution in [0.25, 0.3) is 0 Å². The minimum absolute atomic E-state index is 0.637. The predicted molar refractivity (Wildman–Crippen MR) is 36.8 cm³/mol. The van der Waals surface area contributed by atoms with E-state index < -0.39 is 10.9 Å². The third kappa shape index (κ3) is 1.58. The zero-order valence-electron chi connectivity index (χ0n) is 4.74. The third-order valence-electron chi connectivity index (χ3n) is 0.863. The van der Waals surface area contributed by atoms with Gasteiger partial charge in [-0.1, -0.05) is 6.07 Å². The molecule has 0 aliphatic heterocycles. The Morgan fingerprint density at radius 3 is 2.67 bits per heavy atom. The van der Waals surface area contributed by atoms with Crippen molar-refractivity contribution in [2.75, 3.05) is 0 Å². The molecule has 1 heterocycles. The van der Waals surface area contributed by atoms with Gasteiger partial charge in [-0.05, 0) is 12.1 Å². The zero-order chi connectivity index (χ0) is 6.69. The van der Waals surface area contributed by atoms with Crippen LogP contribution in [-0.4, -0.2) is 4.98 Å². The van der Waals surface area contributed by atoms with E-state index in [9.17, 15) is 0 Å². The molecule has 0 fully saturated rings. The second kappa shape index (κ2) is 2.70. The van der Waals surface area contributed by atoms with Crippen molar-refractivity contribution >= 4 is 10.9 Å². The first kappa shape index (κ1) is 6.38. The van der Waals surface area contributed by atoms with Crippen molar-refractivity contribution in [3.63, 3.8) is 0 Å². The summed E-state index contributed by atoms with van der Waals surface area (Å²) in [6.07, 6.45) is 1.64. The van der Waals surface area contributed by atoms with E-state index in [-0.39, 0.29) is 0 Å². The van der Waals surface area contributed by atoms with Gasteiger partial charge in [-0.3, -0.25) is 9.92 Å². The lowest BCUT2D eigenvalue weighted by molar-refractivity contribution is 1.12. The topological polar surface area (TPSA) is 62.8 Å². The quantitative estimate of drug-likeness (QED) is 0.604. The molecule has 0 spiro atoms. The monoisotopic (exact) mass is 141 g/mol. The first-order chi connectivity index (χ1) is 4.30. The number of pyridine rings is 1. The number of nitrogens with two attached hydrogens (primary N) is 1. The summed E-state index contributed by atoms with van der Waals surface area (Å²) in [5.41, 5.74) is 0. The average Bonchev–Trinajstić information content (AvgIpc) is 1.90. The van der Waals surface area contributed by atoms with Crippen LogP contribution < -0.4 is 5.14 Å². The fourth-order valence-electron chi connectivity index (χ4n) is 0.477. The summed E-state index contributed by atoms with van der Waals surface area (Å²) >= 11 is 0. The van der Waals surface area contributed by atoms with Gasteiger partial charge < -0.3 is 0 Å². The molecule has 0 radical (unpaired) electrons. The maximum Gasteiger partial charge on any atom is 0.121 e. The number of hydrogen-bond donors (Lipinski definition) is 2. The summed E-state index contributed by atoms with van der Waals surface area (Å²) in [6, 6.07) is 5.37. The first-order valence-electron chi connectivity index (χ1n) is 2.41. The molecule has 0 saturated carbocycles. The van der Waals surface area contributed by atoms with Crippen LogP contribution in [-0.2, 0) is 10.9 Å². The molecule has 48 valence electrons. The standard InChI is InChI=1S/C5H7N3S/c6-9(7)5-3-1-2-4-8-5/h1-4H,(H3,6,7). The van der Waals surface area contributed by atoms with E-state index in [2.05, 4.69) is 4.98 Å². The molecule has 9 heavy (non-hydrogen) atoms. The van der Waals surface area contributed by atoms with E-state index >= 15 is 0 Å². The number of nitrogens with one attached hydrogen (secondary N) is 1. The second-order valence-electron chi connectivity index (χ2n) is 1.51. The van der Waals surface area contributed by atoms with E-state index in [0.29, 0.717) is 5.03 Å². The normalized spacial score (nSPS) is 13.0. The number of aromatic nitrogens is 1. The summed E-state index contributed by atoms with van der Waals surface area (Å²) in [5.74, 6) is 0. The van der Waals surface area contributed by atoms with Crippen molar-refractivity contribution in [1.82, 2.24) is 4.98 Å². The van der Waals surface area contributed by atoms with Gasteiger partial charge >= 0.3 is 0 Å². The Morgan fingerprint density at radius 2 is 2.33 bits per heavy atom. The van der Waals surface area contributed by atoms with Crippen molar-refractivity contribution in [3.8, 4) is 0 Å². The van der Waals surface area contributed by atoms with Crippen LogP contribution in [0.3, 0.4) is 0 Å². The Balaban J connectivity index is 2.98. The SMILES string of the molecule is N=S(N)c1ccccn1. The van der Waals surface area contributed by atoms with Crippen molar-refractivity contribution in [2.45, 2.75) is 5.03 Å². The van der Waals surface area contributed by atoms with E-state index in [4.69, 9.17) is 9.92 Å². The van der Waals surface area contributed by atoms with Crippen LogP contribution >= 0.6 is 0 Å². The molecule has 1 atom stereocenters. The highest BCUT2D eigenvalue weighted by Gasteiger charge is 1.89. The Kier molecular flexibility index (Phi) is 1.92. The summed E-state index contributed by atoms with van der Waals surface area (Å²) in [6.45, 7) is 0. The molecule has 1 unspecified atom stereocenters. The molecule has 1 aromatic heterocycles. The Bertz CT molecular complexity index is 209. The fourth-order valence-corrected chi connectivity index (χ4v) is 0.877. The smallest absolute Gasteiger partial charge is 0.121 e. The minimum Gasteiger partial charge on any atom is -0.264 e. The van der Waals surface area contributed by atoms with Gasteiger partial charge in [0, 0.05) is 17.1 Å². The molecule has 0 saturated heterocycles. The number of nitrogens with zero attached hydrogens (tertiary/aromatic N) is 1. The third-order valence-corrected chi connectivity index (χ3v) is 1.56. The lowest BCUT2D eigenvalue weighted by Crippen LogP contribution is -2.01. The molecule has 4 heteroatoms. The van der Waals surface area contributed by atoms with E-state index in [0.717, 1.165) is 0 Å². The maximum atomic E-state index is 7.06. The van der Waals surface area contributed by atoms with Crippen molar-refractivity contribution in [2.24, 2.45) is 5.14 Å². The number of rotatable bonds is 1. The van der Waals surface area contributed by atoms with Crippen molar-refractivity contribution < 1.29 is 0 Å².